The second kappa shape index (κ2) is 2.29. The summed E-state index contributed by atoms with van der Waals surface area (Å²) < 4.78 is 0. The van der Waals surface area contributed by atoms with E-state index in [1.165, 1.54) is 18.4 Å². The van der Waals surface area contributed by atoms with Crippen LogP contribution in [0.3, 0.4) is 0 Å². The van der Waals surface area contributed by atoms with Gasteiger partial charge < -0.3 is 0 Å². The molecule has 0 N–H and O–H groups in total. The highest BCUT2D eigenvalue weighted by atomic mass is 14.4. The van der Waals surface area contributed by atoms with Crippen LogP contribution in [0.1, 0.15) is 33.6 Å². The summed E-state index contributed by atoms with van der Waals surface area (Å²) >= 11 is 0. The summed E-state index contributed by atoms with van der Waals surface area (Å²) in [4.78, 5) is 0. The largest absolute Gasteiger partial charge is 0.129 e. The Morgan fingerprint density at radius 3 is 2.40 bits per heavy atom. The van der Waals surface area contributed by atoms with Crippen molar-refractivity contribution in [2.24, 2.45) is 11.3 Å². The molecule has 0 heteroatoms. The highest BCUT2D eigenvalue weighted by Gasteiger charge is 2.35. The van der Waals surface area contributed by atoms with Crippen LogP contribution in [0.15, 0.2) is 17.9 Å². The Balaban J connectivity index is 2.95. The first-order valence-corrected chi connectivity index (χ1v) is 3.98. The number of hydrogen-bond acceptors (Lipinski definition) is 0. The lowest BCUT2D eigenvalue weighted by Crippen LogP contribution is -2.15. The van der Waals surface area contributed by atoms with Gasteiger partial charge in [0.1, 0.15) is 0 Å². The summed E-state index contributed by atoms with van der Waals surface area (Å²) in [7, 11) is 0. The van der Waals surface area contributed by atoms with Crippen molar-refractivity contribution in [1.82, 2.24) is 0 Å². The van der Waals surface area contributed by atoms with Gasteiger partial charge in [-0.2, -0.15) is 0 Å². The van der Waals surface area contributed by atoms with Gasteiger partial charge in [0, 0.05) is 0 Å². The molecule has 0 nitrogen and oxygen atoms in total. The number of allylic oxidation sites excluding steroid dienone is 1. The topological polar surface area (TPSA) is 0 Å². The van der Waals surface area contributed by atoms with Crippen molar-refractivity contribution in [2.45, 2.75) is 33.6 Å². The van der Waals surface area contributed by atoms with E-state index in [-0.39, 0.29) is 0 Å². The zero-order valence-corrected chi connectivity index (χ0v) is 7.20. The van der Waals surface area contributed by atoms with Crippen LogP contribution in [0.5, 0.6) is 0 Å². The van der Waals surface area contributed by atoms with Gasteiger partial charge in [-0.1, -0.05) is 27.4 Å². The second-order valence-corrected chi connectivity index (χ2v) is 3.82. The molecule has 1 atom stereocenters. The lowest BCUT2D eigenvalue weighted by molar-refractivity contribution is 0.332. The van der Waals surface area contributed by atoms with Gasteiger partial charge in [-0.25, -0.2) is 0 Å². The Hall–Kier alpha value is -0.480. The van der Waals surface area contributed by atoms with Crippen LogP contribution in [0.4, 0.5) is 0 Å². The molecule has 56 valence electrons. The predicted molar refractivity (Wildman–Crippen MR) is 44.8 cm³/mol. The van der Waals surface area contributed by atoms with Crippen LogP contribution in [-0.4, -0.2) is 0 Å². The van der Waals surface area contributed by atoms with E-state index >= 15 is 0 Å². The molecule has 0 aromatic rings. The lowest BCUT2D eigenvalue weighted by atomic mass is 9.80. The van der Waals surface area contributed by atoms with E-state index in [1.54, 1.807) is 0 Å². The van der Waals surface area contributed by atoms with Crippen LogP contribution >= 0.6 is 0 Å². The Bertz CT molecular complexity index is 180. The average Bonchev–Trinajstić information content (AvgIpc) is 2.10. The van der Waals surface area contributed by atoms with Crippen molar-refractivity contribution >= 4 is 0 Å². The zero-order valence-electron chi connectivity index (χ0n) is 7.20. The average molecular weight is 136 g/mol. The Kier molecular flexibility index (Phi) is 1.74. The van der Waals surface area contributed by atoms with Crippen LogP contribution in [-0.2, 0) is 0 Å². The maximum atomic E-state index is 3.71. The molecular weight excluding hydrogens is 120 g/mol. The first-order chi connectivity index (χ1) is 4.59. The van der Waals surface area contributed by atoms with E-state index in [9.17, 15) is 0 Å². The minimum atomic E-state index is 0.363. The zero-order chi connectivity index (χ0) is 7.78. The molecule has 10 heavy (non-hydrogen) atoms. The van der Waals surface area contributed by atoms with Gasteiger partial charge in [-0.15, -0.1) is 5.73 Å². The Morgan fingerprint density at radius 1 is 1.60 bits per heavy atom. The molecule has 0 amide bonds. The summed E-state index contributed by atoms with van der Waals surface area (Å²) in [5.74, 6) is 0.803. The van der Waals surface area contributed by atoms with E-state index in [4.69, 9.17) is 0 Å². The van der Waals surface area contributed by atoms with E-state index in [2.05, 4.69) is 33.1 Å². The number of hydrogen-bond donors (Lipinski definition) is 0. The van der Waals surface area contributed by atoms with Gasteiger partial charge in [-0.05, 0) is 29.7 Å². The Morgan fingerprint density at radius 2 is 2.20 bits per heavy atom. The highest BCUT2D eigenvalue weighted by molar-refractivity contribution is 5.16. The molecule has 0 aromatic carbocycles. The van der Waals surface area contributed by atoms with Gasteiger partial charge in [0.15, 0.2) is 0 Å². The van der Waals surface area contributed by atoms with E-state index in [1.807, 2.05) is 0 Å². The molecule has 1 rings (SSSR count). The maximum absolute atomic E-state index is 3.71. The lowest BCUT2D eigenvalue weighted by Gasteiger charge is -2.23. The third-order valence-electron chi connectivity index (χ3n) is 3.05. The van der Waals surface area contributed by atoms with Crippen LogP contribution in [0, 0.1) is 11.3 Å². The maximum Gasteiger partial charge on any atom is -0.00433 e. The molecular formula is C10H16. The second-order valence-electron chi connectivity index (χ2n) is 3.82. The summed E-state index contributed by atoms with van der Waals surface area (Å²) in [6.45, 7) is 10.6. The monoisotopic (exact) mass is 136 g/mol. The van der Waals surface area contributed by atoms with Gasteiger partial charge >= 0.3 is 0 Å². The Labute approximate surface area is 63.6 Å². The van der Waals surface area contributed by atoms with Crippen molar-refractivity contribution in [3.8, 4) is 0 Å². The first-order valence-electron chi connectivity index (χ1n) is 3.98. The molecule has 1 fully saturated rings. The molecule has 0 bridgehead atoms. The highest BCUT2D eigenvalue weighted by Crippen LogP contribution is 2.45. The molecule has 0 aromatic heterocycles. The fraction of sp³-hybridized carbons (Fsp3) is 0.700. The minimum Gasteiger partial charge on any atom is -0.129 e. The summed E-state index contributed by atoms with van der Waals surface area (Å²) in [6, 6.07) is 0. The summed E-state index contributed by atoms with van der Waals surface area (Å²) in [6.07, 6.45) is 2.52. The smallest absolute Gasteiger partial charge is 0.00433 e. The van der Waals surface area contributed by atoms with Crippen LogP contribution in [0.2, 0.25) is 0 Å². The molecule has 0 radical (unpaired) electrons. The quantitative estimate of drug-likeness (QED) is 0.449. The first kappa shape index (κ1) is 7.63. The molecule has 1 unspecified atom stereocenters. The van der Waals surface area contributed by atoms with Crippen LogP contribution in [0.25, 0.3) is 0 Å². The van der Waals surface area contributed by atoms with E-state index in [0.717, 1.165) is 5.92 Å². The van der Waals surface area contributed by atoms with Gasteiger partial charge in [0.2, 0.25) is 0 Å². The van der Waals surface area contributed by atoms with Crippen LogP contribution < -0.4 is 0 Å². The third-order valence-corrected chi connectivity index (χ3v) is 3.05. The summed E-state index contributed by atoms with van der Waals surface area (Å²) in [5.41, 5.74) is 4.83. The molecule has 1 aliphatic rings. The molecule has 0 heterocycles. The van der Waals surface area contributed by atoms with Crippen molar-refractivity contribution in [2.75, 3.05) is 0 Å². The fourth-order valence-corrected chi connectivity index (χ4v) is 1.66. The normalized spacial score (nSPS) is 30.3. The van der Waals surface area contributed by atoms with Crippen molar-refractivity contribution in [3.63, 3.8) is 0 Å². The molecule has 1 aliphatic carbocycles. The van der Waals surface area contributed by atoms with Gasteiger partial charge in [0.05, 0.1) is 0 Å². The number of rotatable bonds is 0. The predicted octanol–water partition coefficient (Wildman–Crippen LogP) is 3.15. The summed E-state index contributed by atoms with van der Waals surface area (Å²) in [5, 5.41) is 0. The van der Waals surface area contributed by atoms with Crippen molar-refractivity contribution < 1.29 is 0 Å². The molecule has 1 saturated carbocycles. The van der Waals surface area contributed by atoms with Crippen molar-refractivity contribution in [1.29, 1.82) is 0 Å². The third kappa shape index (κ3) is 0.932. The van der Waals surface area contributed by atoms with E-state index < -0.39 is 0 Å². The van der Waals surface area contributed by atoms with Crippen molar-refractivity contribution in [3.05, 3.63) is 17.9 Å². The standard InChI is InChI=1S/C10H16/c1-5-9-7-6-8(2)10(9,3)4/h8H,1,6-7H2,2-4H3. The van der Waals surface area contributed by atoms with Gasteiger partial charge in [-0.3, -0.25) is 0 Å². The SMILES string of the molecule is C=C=C1CCC(C)C1(C)C. The molecule has 0 aliphatic heterocycles. The minimum absolute atomic E-state index is 0.363. The molecule has 0 saturated heterocycles. The molecule has 0 spiro atoms. The van der Waals surface area contributed by atoms with E-state index in [0.29, 0.717) is 5.41 Å². The van der Waals surface area contributed by atoms with Gasteiger partial charge in [0.25, 0.3) is 0 Å². The fourth-order valence-electron chi connectivity index (χ4n) is 1.66.